The van der Waals surface area contributed by atoms with Gasteiger partial charge in [-0.3, -0.25) is 4.79 Å². The van der Waals surface area contributed by atoms with E-state index in [1.165, 1.54) is 36.3 Å². The summed E-state index contributed by atoms with van der Waals surface area (Å²) in [5, 5.41) is 24.0. The number of nitrogens with one attached hydrogen (secondary N) is 1. The van der Waals surface area contributed by atoms with Gasteiger partial charge in [-0.25, -0.2) is 4.79 Å². The number of furan rings is 1. The van der Waals surface area contributed by atoms with Crippen molar-refractivity contribution in [1.29, 1.82) is 0 Å². The number of rotatable bonds is 4. The van der Waals surface area contributed by atoms with Crippen LogP contribution in [0.3, 0.4) is 0 Å². The number of allylic oxidation sites excluding steroid dienone is 1. The second-order valence-electron chi connectivity index (χ2n) is 5.66. The molecule has 0 spiro atoms. The summed E-state index contributed by atoms with van der Waals surface area (Å²) < 4.78 is 11.4. The molecule has 2 N–H and O–H groups in total. The lowest BCUT2D eigenvalue weighted by atomic mass is 9.91. The van der Waals surface area contributed by atoms with Crippen molar-refractivity contribution < 1.29 is 23.8 Å². The average molecular weight is 367 g/mol. The number of ketones is 1. The van der Waals surface area contributed by atoms with Crippen molar-refractivity contribution >= 4 is 17.7 Å². The number of carbonyl (C=O) groups is 2. The molecule has 0 saturated carbocycles. The van der Waals surface area contributed by atoms with E-state index in [1.54, 1.807) is 18.2 Å². The van der Waals surface area contributed by atoms with Gasteiger partial charge in [0.05, 0.1) is 18.9 Å². The van der Waals surface area contributed by atoms with E-state index >= 15 is 0 Å². The number of aromatic hydroxyl groups is 1. The first kappa shape index (κ1) is 16.5. The van der Waals surface area contributed by atoms with Crippen molar-refractivity contribution in [2.45, 2.75) is 6.04 Å². The van der Waals surface area contributed by atoms with E-state index in [1.807, 2.05) is 0 Å². The number of aromatic nitrogens is 4. The number of nitrogens with zero attached hydrogens (tertiary/aromatic N) is 4. The molecule has 3 aromatic rings. The van der Waals surface area contributed by atoms with E-state index in [0.717, 1.165) is 0 Å². The molecular formula is C17H13N5O5. The van der Waals surface area contributed by atoms with Gasteiger partial charge in [0.1, 0.15) is 17.5 Å². The van der Waals surface area contributed by atoms with E-state index in [4.69, 9.17) is 9.15 Å². The Balaban J connectivity index is 1.97. The van der Waals surface area contributed by atoms with E-state index in [2.05, 4.69) is 20.8 Å². The number of phenolic OH excluding ortho intramolecular Hbond substituents is 1. The zero-order valence-corrected chi connectivity index (χ0v) is 14.0. The normalized spacial score (nSPS) is 15.8. The molecule has 0 bridgehead atoms. The average Bonchev–Trinajstić information content (AvgIpc) is 3.36. The zero-order valence-electron chi connectivity index (χ0n) is 14.0. The molecule has 1 aromatic carbocycles. The molecule has 0 unspecified atom stereocenters. The highest BCUT2D eigenvalue weighted by atomic mass is 16.5. The summed E-state index contributed by atoms with van der Waals surface area (Å²) >= 11 is 0. The minimum absolute atomic E-state index is 0.00919. The Labute approximate surface area is 152 Å². The van der Waals surface area contributed by atoms with Crippen LogP contribution in [0.15, 0.2) is 58.3 Å². The Kier molecular flexibility index (Phi) is 3.92. The van der Waals surface area contributed by atoms with Gasteiger partial charge in [-0.15, -0.1) is 0 Å². The van der Waals surface area contributed by atoms with E-state index < -0.39 is 17.8 Å². The predicted molar refractivity (Wildman–Crippen MR) is 89.8 cm³/mol. The summed E-state index contributed by atoms with van der Waals surface area (Å²) in [5.74, 6) is -1.12. The molecule has 1 aliphatic heterocycles. The number of anilines is 1. The molecule has 1 atom stereocenters. The Morgan fingerprint density at radius 3 is 2.85 bits per heavy atom. The maximum absolute atomic E-state index is 13.1. The molecule has 1 aliphatic rings. The van der Waals surface area contributed by atoms with Crippen molar-refractivity contribution in [3.05, 3.63) is 65.3 Å². The highest BCUT2D eigenvalue weighted by molar-refractivity contribution is 6.13. The quantitative estimate of drug-likeness (QED) is 0.517. The van der Waals surface area contributed by atoms with Gasteiger partial charge >= 0.3 is 5.97 Å². The first-order valence-corrected chi connectivity index (χ1v) is 7.84. The second-order valence-corrected chi connectivity index (χ2v) is 5.66. The standard InChI is InChI=1S/C17H13N5O5/c1-26-16(25)13-12(15(24)11-6-3-7-27-11)14(9-4-2-5-10(23)8-9)22-17(18-13)19-20-21-22/h2-8,14,23H,1H3,(H,18,19,21)/t14-/m1/s1. The topological polar surface area (TPSA) is 132 Å². The molecule has 0 fully saturated rings. The van der Waals surface area contributed by atoms with E-state index in [-0.39, 0.29) is 28.7 Å². The van der Waals surface area contributed by atoms with Crippen LogP contribution < -0.4 is 5.32 Å². The summed E-state index contributed by atoms with van der Waals surface area (Å²) in [6, 6.07) is 8.42. The van der Waals surface area contributed by atoms with Crippen LogP contribution in [0.2, 0.25) is 0 Å². The summed E-state index contributed by atoms with van der Waals surface area (Å²) in [5.41, 5.74) is 0.429. The largest absolute Gasteiger partial charge is 0.508 e. The van der Waals surface area contributed by atoms with Gasteiger partial charge in [0, 0.05) is 0 Å². The second kappa shape index (κ2) is 6.41. The molecule has 0 aliphatic carbocycles. The maximum Gasteiger partial charge on any atom is 0.355 e. The van der Waals surface area contributed by atoms with Crippen LogP contribution in [0.1, 0.15) is 22.2 Å². The Hall–Kier alpha value is -3.95. The minimum Gasteiger partial charge on any atom is -0.508 e. The molecule has 10 nitrogen and oxygen atoms in total. The number of hydrogen-bond donors (Lipinski definition) is 2. The number of Topliss-reactive ketones (excluding diaryl/α,β-unsaturated/α-hetero) is 1. The van der Waals surface area contributed by atoms with Crippen LogP contribution >= 0.6 is 0 Å². The SMILES string of the molecule is COC(=O)C1=C(C(=O)c2ccco2)[C@@H](c2cccc(O)c2)n2nnnc2N1. The van der Waals surface area contributed by atoms with Gasteiger partial charge in [0.15, 0.2) is 5.76 Å². The lowest BCUT2D eigenvalue weighted by Gasteiger charge is -2.27. The maximum atomic E-state index is 13.1. The molecule has 0 saturated heterocycles. The third-order valence-corrected chi connectivity index (χ3v) is 4.08. The van der Waals surface area contributed by atoms with Crippen LogP contribution in [-0.2, 0) is 9.53 Å². The highest BCUT2D eigenvalue weighted by Crippen LogP contribution is 2.37. The van der Waals surface area contributed by atoms with Crippen LogP contribution in [0.5, 0.6) is 5.75 Å². The number of esters is 1. The first-order chi connectivity index (χ1) is 13.1. The molecule has 0 amide bonds. The monoisotopic (exact) mass is 367 g/mol. The Morgan fingerprint density at radius 2 is 2.15 bits per heavy atom. The van der Waals surface area contributed by atoms with Crippen molar-refractivity contribution in [3.8, 4) is 5.75 Å². The fourth-order valence-electron chi connectivity index (χ4n) is 2.93. The van der Waals surface area contributed by atoms with Crippen molar-refractivity contribution in [2.75, 3.05) is 12.4 Å². The van der Waals surface area contributed by atoms with Crippen LogP contribution in [0, 0.1) is 0 Å². The zero-order chi connectivity index (χ0) is 19.0. The molecule has 0 radical (unpaired) electrons. The van der Waals surface area contributed by atoms with Gasteiger partial charge in [0.2, 0.25) is 11.7 Å². The van der Waals surface area contributed by atoms with Gasteiger partial charge in [-0.05, 0) is 40.3 Å². The summed E-state index contributed by atoms with van der Waals surface area (Å²) in [7, 11) is 1.20. The molecule has 2 aromatic heterocycles. The van der Waals surface area contributed by atoms with Crippen molar-refractivity contribution in [1.82, 2.24) is 20.2 Å². The molecular weight excluding hydrogens is 354 g/mol. The highest BCUT2D eigenvalue weighted by Gasteiger charge is 2.39. The summed E-state index contributed by atoms with van der Waals surface area (Å²) in [4.78, 5) is 25.5. The fourth-order valence-corrected chi connectivity index (χ4v) is 2.93. The van der Waals surface area contributed by atoms with Gasteiger partial charge in [-0.1, -0.05) is 17.2 Å². The molecule has 27 heavy (non-hydrogen) atoms. The van der Waals surface area contributed by atoms with E-state index in [0.29, 0.717) is 5.56 Å². The number of phenols is 1. The minimum atomic E-state index is -0.880. The molecule has 4 rings (SSSR count). The van der Waals surface area contributed by atoms with Gasteiger partial charge < -0.3 is 19.6 Å². The van der Waals surface area contributed by atoms with Gasteiger partial charge in [0.25, 0.3) is 0 Å². The van der Waals surface area contributed by atoms with Crippen molar-refractivity contribution in [2.24, 2.45) is 0 Å². The Bertz CT molecular complexity index is 1050. The third kappa shape index (κ3) is 2.72. The number of carbonyl (C=O) groups excluding carboxylic acids is 2. The number of fused-ring (bicyclic) bond motifs is 1. The fraction of sp³-hybridized carbons (Fsp3) is 0.118. The smallest absolute Gasteiger partial charge is 0.355 e. The van der Waals surface area contributed by atoms with Crippen LogP contribution in [0.4, 0.5) is 5.95 Å². The summed E-state index contributed by atoms with van der Waals surface area (Å²) in [6.45, 7) is 0. The van der Waals surface area contributed by atoms with E-state index in [9.17, 15) is 14.7 Å². The first-order valence-electron chi connectivity index (χ1n) is 7.84. The number of hydrogen-bond acceptors (Lipinski definition) is 9. The lowest BCUT2D eigenvalue weighted by Crippen LogP contribution is -2.32. The van der Waals surface area contributed by atoms with Crippen molar-refractivity contribution in [3.63, 3.8) is 0 Å². The third-order valence-electron chi connectivity index (χ3n) is 4.08. The van der Waals surface area contributed by atoms with Crippen LogP contribution in [0.25, 0.3) is 0 Å². The number of ether oxygens (including phenoxy) is 1. The number of benzene rings is 1. The lowest BCUT2D eigenvalue weighted by molar-refractivity contribution is -0.136. The number of tetrazole rings is 1. The molecule has 3 heterocycles. The number of methoxy groups -OCH3 is 1. The molecule has 136 valence electrons. The predicted octanol–water partition coefficient (Wildman–Crippen LogP) is 1.30. The van der Waals surface area contributed by atoms with Gasteiger partial charge in [-0.2, -0.15) is 4.68 Å². The Morgan fingerprint density at radius 1 is 1.30 bits per heavy atom. The molecule has 10 heteroatoms. The van der Waals surface area contributed by atoms with Crippen LogP contribution in [-0.4, -0.2) is 44.2 Å². The summed E-state index contributed by atoms with van der Waals surface area (Å²) in [6.07, 6.45) is 1.35.